The average Bonchev–Trinajstić information content (AvgIpc) is 3.14. The van der Waals surface area contributed by atoms with E-state index in [0.717, 1.165) is 11.3 Å². The van der Waals surface area contributed by atoms with Gasteiger partial charge in [-0.2, -0.15) is 0 Å². The van der Waals surface area contributed by atoms with Crippen molar-refractivity contribution in [1.82, 2.24) is 0 Å². The normalized spacial score (nSPS) is 12.0. The van der Waals surface area contributed by atoms with Gasteiger partial charge >= 0.3 is 5.97 Å². The monoisotopic (exact) mass is 369 g/mol. The number of benzene rings is 2. The number of esters is 1. The van der Waals surface area contributed by atoms with Crippen LogP contribution in [0.15, 0.2) is 48.5 Å². The summed E-state index contributed by atoms with van der Waals surface area (Å²) in [5.74, 6) is 0.890. The lowest BCUT2D eigenvalue weighted by Crippen LogP contribution is -2.20. The first-order chi connectivity index (χ1) is 13.1. The van der Waals surface area contributed by atoms with Crippen LogP contribution in [0.25, 0.3) is 6.08 Å². The number of anilines is 1. The van der Waals surface area contributed by atoms with Crippen molar-refractivity contribution >= 4 is 23.6 Å². The van der Waals surface area contributed by atoms with Crippen LogP contribution in [0, 0.1) is 0 Å². The molecule has 0 unspecified atom stereocenters. The third-order valence-electron chi connectivity index (χ3n) is 3.60. The number of amides is 1. The first-order valence-corrected chi connectivity index (χ1v) is 8.41. The highest BCUT2D eigenvalue weighted by Crippen LogP contribution is 2.34. The molecular weight excluding hydrogens is 350 g/mol. The van der Waals surface area contributed by atoms with E-state index in [2.05, 4.69) is 5.32 Å². The van der Waals surface area contributed by atoms with Gasteiger partial charge in [-0.05, 0) is 42.8 Å². The third-order valence-corrected chi connectivity index (χ3v) is 3.60. The summed E-state index contributed by atoms with van der Waals surface area (Å²) < 4.78 is 20.7. The molecule has 1 heterocycles. The molecule has 2 aromatic rings. The molecule has 0 saturated heterocycles. The second kappa shape index (κ2) is 8.75. The van der Waals surface area contributed by atoms with Crippen LogP contribution < -0.4 is 19.5 Å². The summed E-state index contributed by atoms with van der Waals surface area (Å²) in [7, 11) is 0. The second-order valence-electron chi connectivity index (χ2n) is 5.56. The van der Waals surface area contributed by atoms with Crippen LogP contribution in [-0.4, -0.2) is 31.9 Å². The Morgan fingerprint density at radius 1 is 1.11 bits per heavy atom. The number of rotatable bonds is 7. The van der Waals surface area contributed by atoms with E-state index in [9.17, 15) is 9.59 Å². The van der Waals surface area contributed by atoms with E-state index in [-0.39, 0.29) is 13.4 Å². The zero-order chi connectivity index (χ0) is 19.1. The number of nitrogens with one attached hydrogen (secondary N) is 1. The standard InChI is InChI=1S/C20H19NO6/c1-2-24-16-7-3-14(4-8-16)5-10-20(23)25-12-19(22)21-15-6-9-17-18(11-15)27-13-26-17/h3-11H,2,12-13H2,1H3,(H,21,22). The quantitative estimate of drug-likeness (QED) is 0.597. The number of hydrogen-bond donors (Lipinski definition) is 1. The van der Waals surface area contributed by atoms with Crippen LogP contribution in [0.2, 0.25) is 0 Å². The predicted octanol–water partition coefficient (Wildman–Crippen LogP) is 3.01. The fraction of sp³-hybridized carbons (Fsp3) is 0.200. The highest BCUT2D eigenvalue weighted by molar-refractivity contribution is 5.94. The Kier molecular flexibility index (Phi) is 5.94. The van der Waals surface area contributed by atoms with Crippen molar-refractivity contribution in [1.29, 1.82) is 0 Å². The Morgan fingerprint density at radius 2 is 1.89 bits per heavy atom. The molecule has 3 rings (SSSR count). The molecule has 7 heteroatoms. The molecule has 0 bridgehead atoms. The van der Waals surface area contributed by atoms with Gasteiger partial charge < -0.3 is 24.3 Å². The molecule has 1 aliphatic rings. The van der Waals surface area contributed by atoms with Gasteiger partial charge in [0.25, 0.3) is 5.91 Å². The minimum atomic E-state index is -0.607. The van der Waals surface area contributed by atoms with Gasteiger partial charge in [0.05, 0.1) is 6.61 Å². The van der Waals surface area contributed by atoms with Crippen molar-refractivity contribution in [3.05, 3.63) is 54.1 Å². The highest BCUT2D eigenvalue weighted by Gasteiger charge is 2.14. The summed E-state index contributed by atoms with van der Waals surface area (Å²) >= 11 is 0. The van der Waals surface area contributed by atoms with E-state index in [4.69, 9.17) is 18.9 Å². The van der Waals surface area contributed by atoms with Gasteiger partial charge in [0.2, 0.25) is 6.79 Å². The smallest absolute Gasteiger partial charge is 0.331 e. The van der Waals surface area contributed by atoms with Crippen molar-refractivity contribution in [3.8, 4) is 17.2 Å². The van der Waals surface area contributed by atoms with Crippen LogP contribution in [0.1, 0.15) is 12.5 Å². The van der Waals surface area contributed by atoms with Crippen molar-refractivity contribution in [3.63, 3.8) is 0 Å². The van der Waals surface area contributed by atoms with Crippen molar-refractivity contribution in [2.45, 2.75) is 6.92 Å². The molecule has 0 aromatic heterocycles. The van der Waals surface area contributed by atoms with Crippen LogP contribution in [0.4, 0.5) is 5.69 Å². The van der Waals surface area contributed by atoms with E-state index in [0.29, 0.717) is 23.8 Å². The minimum Gasteiger partial charge on any atom is -0.494 e. The first kappa shape index (κ1) is 18.3. The van der Waals surface area contributed by atoms with Crippen molar-refractivity contribution < 1.29 is 28.5 Å². The van der Waals surface area contributed by atoms with Gasteiger partial charge in [0.1, 0.15) is 5.75 Å². The number of hydrogen-bond acceptors (Lipinski definition) is 6. The predicted molar refractivity (Wildman–Crippen MR) is 98.8 cm³/mol. The van der Waals surface area contributed by atoms with Crippen LogP contribution in [0.3, 0.4) is 0 Å². The topological polar surface area (TPSA) is 83.1 Å². The molecule has 1 aliphatic heterocycles. The average molecular weight is 369 g/mol. The molecule has 140 valence electrons. The van der Waals surface area contributed by atoms with Gasteiger partial charge in [-0.1, -0.05) is 12.1 Å². The number of fused-ring (bicyclic) bond motifs is 1. The first-order valence-electron chi connectivity index (χ1n) is 8.41. The lowest BCUT2D eigenvalue weighted by molar-refractivity contribution is -0.142. The molecule has 1 N–H and O–H groups in total. The van der Waals surface area contributed by atoms with E-state index in [1.807, 2.05) is 31.2 Å². The number of carbonyl (C=O) groups is 2. The van der Waals surface area contributed by atoms with Gasteiger partial charge in [0.15, 0.2) is 18.1 Å². The lowest BCUT2D eigenvalue weighted by Gasteiger charge is -2.06. The summed E-state index contributed by atoms with van der Waals surface area (Å²) in [6.07, 6.45) is 2.87. The summed E-state index contributed by atoms with van der Waals surface area (Å²) in [5.41, 5.74) is 1.35. The van der Waals surface area contributed by atoms with Gasteiger partial charge in [-0.15, -0.1) is 0 Å². The van der Waals surface area contributed by atoms with E-state index < -0.39 is 11.9 Å². The number of ether oxygens (including phenoxy) is 4. The van der Waals surface area contributed by atoms with Crippen LogP contribution in [0.5, 0.6) is 17.2 Å². The fourth-order valence-electron chi connectivity index (χ4n) is 2.36. The molecule has 0 aliphatic carbocycles. The molecule has 7 nitrogen and oxygen atoms in total. The van der Waals surface area contributed by atoms with E-state index in [1.165, 1.54) is 6.08 Å². The van der Waals surface area contributed by atoms with Crippen LogP contribution in [-0.2, 0) is 14.3 Å². The van der Waals surface area contributed by atoms with Crippen molar-refractivity contribution in [2.24, 2.45) is 0 Å². The largest absolute Gasteiger partial charge is 0.494 e. The molecule has 0 spiro atoms. The van der Waals surface area contributed by atoms with Gasteiger partial charge in [-0.25, -0.2) is 4.79 Å². The van der Waals surface area contributed by atoms with E-state index in [1.54, 1.807) is 24.3 Å². The van der Waals surface area contributed by atoms with Gasteiger partial charge in [0, 0.05) is 17.8 Å². The minimum absolute atomic E-state index is 0.158. The second-order valence-corrected chi connectivity index (χ2v) is 5.56. The summed E-state index contributed by atoms with van der Waals surface area (Å²) in [6.45, 7) is 2.27. The molecule has 1 amide bonds. The molecule has 0 atom stereocenters. The molecule has 0 fully saturated rings. The zero-order valence-electron chi connectivity index (χ0n) is 14.8. The Labute approximate surface area is 156 Å². The Bertz CT molecular complexity index is 844. The van der Waals surface area contributed by atoms with E-state index >= 15 is 0 Å². The summed E-state index contributed by atoms with van der Waals surface area (Å²) in [6, 6.07) is 12.3. The van der Waals surface area contributed by atoms with Crippen molar-refractivity contribution in [2.75, 3.05) is 25.3 Å². The Balaban J connectivity index is 1.44. The van der Waals surface area contributed by atoms with Gasteiger partial charge in [-0.3, -0.25) is 4.79 Å². The summed E-state index contributed by atoms with van der Waals surface area (Å²) in [5, 5.41) is 2.63. The third kappa shape index (κ3) is 5.24. The Hall–Kier alpha value is -3.48. The maximum Gasteiger partial charge on any atom is 0.331 e. The molecule has 27 heavy (non-hydrogen) atoms. The number of carbonyl (C=O) groups excluding carboxylic acids is 2. The Morgan fingerprint density at radius 3 is 2.67 bits per heavy atom. The highest BCUT2D eigenvalue weighted by atomic mass is 16.7. The van der Waals surface area contributed by atoms with Crippen LogP contribution >= 0.6 is 0 Å². The SMILES string of the molecule is CCOc1ccc(C=CC(=O)OCC(=O)Nc2ccc3c(c2)OCO3)cc1. The maximum absolute atomic E-state index is 11.9. The maximum atomic E-state index is 11.9. The molecule has 0 radical (unpaired) electrons. The fourth-order valence-corrected chi connectivity index (χ4v) is 2.36. The molecule has 2 aromatic carbocycles. The lowest BCUT2D eigenvalue weighted by atomic mass is 10.2. The molecule has 0 saturated carbocycles. The summed E-state index contributed by atoms with van der Waals surface area (Å²) in [4.78, 5) is 23.6. The molecular formula is C20H19NO6. The zero-order valence-corrected chi connectivity index (χ0v) is 14.8.